The highest BCUT2D eigenvalue weighted by Gasteiger charge is 2.11. The number of hydrogen-bond donors (Lipinski definition) is 2. The molecule has 1 aromatic heterocycles. The van der Waals surface area contributed by atoms with Gasteiger partial charge >= 0.3 is 5.97 Å². The van der Waals surface area contributed by atoms with E-state index in [2.05, 4.69) is 4.98 Å². The predicted molar refractivity (Wildman–Crippen MR) is 54.9 cm³/mol. The van der Waals surface area contributed by atoms with Crippen LogP contribution in [0.15, 0.2) is 34.9 Å². The first kappa shape index (κ1) is 10.2. The summed E-state index contributed by atoms with van der Waals surface area (Å²) >= 11 is 0. The number of rotatable bonds is 3. The van der Waals surface area contributed by atoms with Crippen LogP contribution in [-0.2, 0) is 11.2 Å². The van der Waals surface area contributed by atoms with E-state index in [0.717, 1.165) is 0 Å². The van der Waals surface area contributed by atoms with Crippen LogP contribution in [0.5, 0.6) is 5.75 Å². The van der Waals surface area contributed by atoms with E-state index >= 15 is 0 Å². The topological polar surface area (TPSA) is 83.6 Å². The lowest BCUT2D eigenvalue weighted by molar-refractivity contribution is -0.136. The molecule has 0 spiro atoms. The number of aromatic hydroxyl groups is 1. The Labute approximate surface area is 91.0 Å². The molecule has 0 saturated carbocycles. The van der Waals surface area contributed by atoms with E-state index in [-0.39, 0.29) is 18.1 Å². The number of nitrogens with zero attached hydrogens (tertiary/aromatic N) is 1. The normalized spacial score (nSPS) is 10.2. The molecule has 0 aliphatic heterocycles. The summed E-state index contributed by atoms with van der Waals surface area (Å²) < 4.78 is 5.21. The van der Waals surface area contributed by atoms with Crippen molar-refractivity contribution in [1.29, 1.82) is 0 Å². The molecule has 0 unspecified atom stereocenters. The van der Waals surface area contributed by atoms with Crippen molar-refractivity contribution in [2.45, 2.75) is 6.42 Å². The Morgan fingerprint density at radius 1 is 1.38 bits per heavy atom. The van der Waals surface area contributed by atoms with Crippen LogP contribution in [0, 0.1) is 0 Å². The fourth-order valence-corrected chi connectivity index (χ4v) is 1.33. The van der Waals surface area contributed by atoms with Crippen molar-refractivity contribution in [2.75, 3.05) is 0 Å². The summed E-state index contributed by atoms with van der Waals surface area (Å²) in [6.45, 7) is 0. The number of carboxylic acid groups (broad SMARTS) is 1. The lowest BCUT2D eigenvalue weighted by atomic mass is 10.2. The molecule has 5 heteroatoms. The minimum atomic E-state index is -1.01. The SMILES string of the molecule is O=C(O)Cc1ncc(-c2ccccc2O)o1. The third-order valence-corrected chi connectivity index (χ3v) is 2.03. The smallest absolute Gasteiger partial charge is 0.312 e. The monoisotopic (exact) mass is 219 g/mol. The molecule has 0 radical (unpaired) electrons. The maximum absolute atomic E-state index is 10.4. The van der Waals surface area contributed by atoms with Gasteiger partial charge in [0.05, 0.1) is 11.8 Å². The molecule has 0 fully saturated rings. The van der Waals surface area contributed by atoms with Gasteiger partial charge in [0, 0.05) is 0 Å². The summed E-state index contributed by atoms with van der Waals surface area (Å²) in [6.07, 6.45) is 1.13. The molecule has 1 aromatic carbocycles. The lowest BCUT2D eigenvalue weighted by Gasteiger charge is -1.98. The van der Waals surface area contributed by atoms with Gasteiger partial charge in [-0.25, -0.2) is 4.98 Å². The van der Waals surface area contributed by atoms with E-state index in [1.54, 1.807) is 18.2 Å². The van der Waals surface area contributed by atoms with Gasteiger partial charge in [0.25, 0.3) is 0 Å². The number of oxazole rings is 1. The van der Waals surface area contributed by atoms with Crippen molar-refractivity contribution in [2.24, 2.45) is 0 Å². The molecule has 0 atom stereocenters. The number of para-hydroxylation sites is 1. The highest BCUT2D eigenvalue weighted by molar-refractivity contribution is 5.69. The highest BCUT2D eigenvalue weighted by atomic mass is 16.4. The van der Waals surface area contributed by atoms with Crippen LogP contribution in [0.25, 0.3) is 11.3 Å². The van der Waals surface area contributed by atoms with Gasteiger partial charge < -0.3 is 14.6 Å². The van der Waals surface area contributed by atoms with Crippen molar-refractivity contribution in [3.05, 3.63) is 36.4 Å². The van der Waals surface area contributed by atoms with Gasteiger partial charge in [-0.1, -0.05) is 12.1 Å². The summed E-state index contributed by atoms with van der Waals surface area (Å²) in [4.78, 5) is 14.2. The Kier molecular flexibility index (Phi) is 2.59. The van der Waals surface area contributed by atoms with Crippen LogP contribution in [0.4, 0.5) is 0 Å². The third kappa shape index (κ3) is 2.03. The number of benzene rings is 1. The summed E-state index contributed by atoms with van der Waals surface area (Å²) in [5, 5.41) is 18.1. The molecule has 16 heavy (non-hydrogen) atoms. The second kappa shape index (κ2) is 4.06. The summed E-state index contributed by atoms with van der Waals surface area (Å²) in [5.74, 6) is -0.466. The molecule has 0 bridgehead atoms. The average molecular weight is 219 g/mol. The highest BCUT2D eigenvalue weighted by Crippen LogP contribution is 2.28. The molecule has 0 aliphatic carbocycles. The second-order valence-electron chi connectivity index (χ2n) is 3.21. The van der Waals surface area contributed by atoms with Crippen molar-refractivity contribution in [1.82, 2.24) is 4.98 Å². The molecule has 2 N–H and O–H groups in total. The molecule has 0 aliphatic rings. The number of aromatic nitrogens is 1. The number of carbonyl (C=O) groups is 1. The van der Waals surface area contributed by atoms with E-state index in [1.807, 2.05) is 0 Å². The summed E-state index contributed by atoms with van der Waals surface area (Å²) in [6, 6.07) is 6.62. The van der Waals surface area contributed by atoms with Crippen molar-refractivity contribution < 1.29 is 19.4 Å². The largest absolute Gasteiger partial charge is 0.507 e. The zero-order valence-corrected chi connectivity index (χ0v) is 8.25. The fourth-order valence-electron chi connectivity index (χ4n) is 1.33. The predicted octanol–water partition coefficient (Wildman–Crippen LogP) is 1.67. The fraction of sp³-hybridized carbons (Fsp3) is 0.0909. The van der Waals surface area contributed by atoms with Crippen LogP contribution in [-0.4, -0.2) is 21.2 Å². The zero-order chi connectivity index (χ0) is 11.5. The first-order chi connectivity index (χ1) is 7.66. The molecule has 0 amide bonds. The van der Waals surface area contributed by atoms with Crippen LogP contribution in [0.1, 0.15) is 5.89 Å². The van der Waals surface area contributed by atoms with E-state index in [1.165, 1.54) is 12.3 Å². The number of aliphatic carboxylic acids is 1. The first-order valence-corrected chi connectivity index (χ1v) is 4.61. The molecule has 0 saturated heterocycles. The van der Waals surface area contributed by atoms with Crippen molar-refractivity contribution in [3.63, 3.8) is 0 Å². The Balaban J connectivity index is 2.32. The Morgan fingerprint density at radius 3 is 2.81 bits per heavy atom. The molecular weight excluding hydrogens is 210 g/mol. The number of carboxylic acids is 1. The molecule has 2 rings (SSSR count). The van der Waals surface area contributed by atoms with Crippen LogP contribution in [0.3, 0.4) is 0 Å². The van der Waals surface area contributed by atoms with Gasteiger partial charge in [0.1, 0.15) is 12.2 Å². The molecular formula is C11H9NO4. The number of phenolic OH excluding ortho intramolecular Hbond substituents is 1. The van der Waals surface area contributed by atoms with Gasteiger partial charge in [0.2, 0.25) is 5.89 Å². The maximum Gasteiger partial charge on any atom is 0.312 e. The van der Waals surface area contributed by atoms with Crippen molar-refractivity contribution in [3.8, 4) is 17.1 Å². The molecule has 1 heterocycles. The Morgan fingerprint density at radius 2 is 2.12 bits per heavy atom. The van der Waals surface area contributed by atoms with Gasteiger partial charge in [-0.15, -0.1) is 0 Å². The molecule has 5 nitrogen and oxygen atoms in total. The van der Waals surface area contributed by atoms with Gasteiger partial charge in [0.15, 0.2) is 5.76 Å². The zero-order valence-electron chi connectivity index (χ0n) is 8.25. The number of phenols is 1. The average Bonchev–Trinajstić information content (AvgIpc) is 2.66. The second-order valence-corrected chi connectivity index (χ2v) is 3.21. The van der Waals surface area contributed by atoms with Crippen molar-refractivity contribution >= 4 is 5.97 Å². The van der Waals surface area contributed by atoms with Gasteiger partial charge in [-0.3, -0.25) is 4.79 Å². The standard InChI is InChI=1S/C11H9NO4/c13-8-4-2-1-3-7(8)9-6-12-10(16-9)5-11(14)15/h1-4,6,13H,5H2,(H,14,15). The van der Waals surface area contributed by atoms with Crippen LogP contribution in [0.2, 0.25) is 0 Å². The maximum atomic E-state index is 10.4. The van der Waals surface area contributed by atoms with E-state index < -0.39 is 5.97 Å². The van der Waals surface area contributed by atoms with Gasteiger partial charge in [-0.05, 0) is 12.1 Å². The van der Waals surface area contributed by atoms with Crippen LogP contribution >= 0.6 is 0 Å². The van der Waals surface area contributed by atoms with E-state index in [4.69, 9.17) is 9.52 Å². The first-order valence-electron chi connectivity index (χ1n) is 4.61. The Hall–Kier alpha value is -2.30. The molecule has 2 aromatic rings. The Bertz CT molecular complexity index is 518. The van der Waals surface area contributed by atoms with E-state index in [0.29, 0.717) is 11.3 Å². The summed E-state index contributed by atoms with van der Waals surface area (Å²) in [7, 11) is 0. The van der Waals surface area contributed by atoms with E-state index in [9.17, 15) is 9.90 Å². The summed E-state index contributed by atoms with van der Waals surface area (Å²) in [5.41, 5.74) is 0.492. The third-order valence-electron chi connectivity index (χ3n) is 2.03. The van der Waals surface area contributed by atoms with Crippen LogP contribution < -0.4 is 0 Å². The van der Waals surface area contributed by atoms with Gasteiger partial charge in [-0.2, -0.15) is 0 Å². The quantitative estimate of drug-likeness (QED) is 0.820. The molecule has 82 valence electrons. The minimum Gasteiger partial charge on any atom is -0.507 e. The number of hydrogen-bond acceptors (Lipinski definition) is 4. The lowest BCUT2D eigenvalue weighted by Crippen LogP contribution is -1.99. The minimum absolute atomic E-state index is 0.0699.